The fourth-order valence-corrected chi connectivity index (χ4v) is 5.13. The number of hydrogen-bond acceptors (Lipinski definition) is 7. The summed E-state index contributed by atoms with van der Waals surface area (Å²) in [6.07, 6.45) is 6.41. The van der Waals surface area contributed by atoms with Crippen LogP contribution in [0.2, 0.25) is 5.02 Å². The van der Waals surface area contributed by atoms with Crippen molar-refractivity contribution < 1.29 is 4.39 Å². The molecule has 2 aromatic carbocycles. The zero-order valence-corrected chi connectivity index (χ0v) is 21.2. The first kappa shape index (κ1) is 24.6. The fraction of sp³-hybridized carbons (Fsp3) is 0.444. The first-order valence-corrected chi connectivity index (χ1v) is 13.2. The van der Waals surface area contributed by atoms with Crippen molar-refractivity contribution >= 4 is 35.1 Å². The Bertz CT molecular complexity index is 1150. The summed E-state index contributed by atoms with van der Waals surface area (Å²) in [5.74, 6) is 2.06. The third kappa shape index (κ3) is 6.35. The van der Waals surface area contributed by atoms with E-state index in [9.17, 15) is 4.39 Å². The summed E-state index contributed by atoms with van der Waals surface area (Å²) in [6, 6.07) is 14.7. The van der Waals surface area contributed by atoms with E-state index < -0.39 is 0 Å². The Morgan fingerprint density at radius 1 is 0.833 bits per heavy atom. The van der Waals surface area contributed by atoms with Crippen LogP contribution >= 0.6 is 11.6 Å². The van der Waals surface area contributed by atoms with Crippen LogP contribution in [0.4, 0.5) is 27.9 Å². The molecule has 1 saturated carbocycles. The summed E-state index contributed by atoms with van der Waals surface area (Å²) >= 11 is 6.19. The van der Waals surface area contributed by atoms with Crippen molar-refractivity contribution in [3.05, 3.63) is 64.9 Å². The molecule has 2 fully saturated rings. The van der Waals surface area contributed by atoms with Crippen LogP contribution in [-0.2, 0) is 6.54 Å². The van der Waals surface area contributed by atoms with Gasteiger partial charge in [-0.25, -0.2) is 4.39 Å². The van der Waals surface area contributed by atoms with Gasteiger partial charge in [0.25, 0.3) is 0 Å². The highest BCUT2D eigenvalue weighted by Gasteiger charge is 2.22. The predicted molar refractivity (Wildman–Crippen MR) is 144 cm³/mol. The van der Waals surface area contributed by atoms with Gasteiger partial charge >= 0.3 is 0 Å². The molecule has 0 bridgehead atoms. The van der Waals surface area contributed by atoms with Crippen LogP contribution < -0.4 is 20.4 Å². The molecule has 0 unspecified atom stereocenters. The van der Waals surface area contributed by atoms with Crippen molar-refractivity contribution in [2.45, 2.75) is 38.6 Å². The predicted octanol–water partition coefficient (Wildman–Crippen LogP) is 5.60. The zero-order chi connectivity index (χ0) is 24.7. The highest BCUT2D eigenvalue weighted by molar-refractivity contribution is 6.30. The van der Waals surface area contributed by atoms with Crippen LogP contribution in [0.15, 0.2) is 48.5 Å². The SMILES string of the molecule is Fc1ccccc1CNc1nc(NCC2CCCCC2)nc(N2CCN(c3cccc(Cl)c3)CC2)n1. The van der Waals surface area contributed by atoms with Gasteiger partial charge in [0, 0.05) is 55.5 Å². The molecule has 0 radical (unpaired) electrons. The van der Waals surface area contributed by atoms with Crippen molar-refractivity contribution in [3.8, 4) is 0 Å². The molecule has 190 valence electrons. The van der Waals surface area contributed by atoms with E-state index >= 15 is 0 Å². The summed E-state index contributed by atoms with van der Waals surface area (Å²) < 4.78 is 14.1. The van der Waals surface area contributed by atoms with Crippen LogP contribution in [0.3, 0.4) is 0 Å². The van der Waals surface area contributed by atoms with Gasteiger partial charge in [0.1, 0.15) is 5.82 Å². The number of nitrogens with one attached hydrogen (secondary N) is 2. The van der Waals surface area contributed by atoms with Crippen LogP contribution in [0.25, 0.3) is 0 Å². The lowest BCUT2D eigenvalue weighted by Gasteiger charge is -2.36. The van der Waals surface area contributed by atoms with Gasteiger partial charge < -0.3 is 20.4 Å². The third-order valence-corrected chi connectivity index (χ3v) is 7.26. The summed E-state index contributed by atoms with van der Waals surface area (Å²) in [7, 11) is 0. The van der Waals surface area contributed by atoms with E-state index in [4.69, 9.17) is 21.6 Å². The second-order valence-electron chi connectivity index (χ2n) is 9.57. The highest BCUT2D eigenvalue weighted by Crippen LogP contribution is 2.25. The molecule has 1 aliphatic carbocycles. The lowest BCUT2D eigenvalue weighted by atomic mass is 9.89. The second kappa shape index (κ2) is 11.7. The monoisotopic (exact) mass is 509 g/mol. The Morgan fingerprint density at radius 3 is 2.31 bits per heavy atom. The Balaban J connectivity index is 1.29. The average Bonchev–Trinajstić information content (AvgIpc) is 2.92. The summed E-state index contributed by atoms with van der Waals surface area (Å²) in [5, 5.41) is 7.41. The number of nitrogens with zero attached hydrogens (tertiary/aromatic N) is 5. The van der Waals surface area contributed by atoms with Crippen LogP contribution in [0.1, 0.15) is 37.7 Å². The topological polar surface area (TPSA) is 69.2 Å². The number of anilines is 4. The number of hydrogen-bond donors (Lipinski definition) is 2. The van der Waals surface area contributed by atoms with Gasteiger partial charge in [0.05, 0.1) is 0 Å². The van der Waals surface area contributed by atoms with E-state index in [1.54, 1.807) is 12.1 Å². The summed E-state index contributed by atoms with van der Waals surface area (Å²) in [4.78, 5) is 18.6. The zero-order valence-electron chi connectivity index (χ0n) is 20.5. The molecular formula is C27H33ClFN7. The number of benzene rings is 2. The Morgan fingerprint density at radius 2 is 1.56 bits per heavy atom. The lowest BCUT2D eigenvalue weighted by Crippen LogP contribution is -2.47. The minimum absolute atomic E-state index is 0.243. The highest BCUT2D eigenvalue weighted by atomic mass is 35.5. The van der Waals surface area contributed by atoms with E-state index in [0.29, 0.717) is 35.9 Å². The largest absolute Gasteiger partial charge is 0.368 e. The Labute approximate surface area is 217 Å². The molecule has 2 heterocycles. The molecule has 0 amide bonds. The molecule has 2 aliphatic rings. The van der Waals surface area contributed by atoms with Gasteiger partial charge in [0.15, 0.2) is 0 Å². The molecule has 9 heteroatoms. The number of halogens is 2. The average molecular weight is 510 g/mol. The minimum Gasteiger partial charge on any atom is -0.368 e. The van der Waals surface area contributed by atoms with E-state index in [2.05, 4.69) is 31.5 Å². The first-order valence-electron chi connectivity index (χ1n) is 12.9. The quantitative estimate of drug-likeness (QED) is 0.410. The number of piperazine rings is 1. The van der Waals surface area contributed by atoms with Crippen molar-refractivity contribution in [1.82, 2.24) is 15.0 Å². The van der Waals surface area contributed by atoms with Crippen molar-refractivity contribution in [3.63, 3.8) is 0 Å². The third-order valence-electron chi connectivity index (χ3n) is 7.03. The van der Waals surface area contributed by atoms with E-state index in [0.717, 1.165) is 43.4 Å². The van der Waals surface area contributed by atoms with Crippen molar-refractivity contribution in [2.24, 2.45) is 5.92 Å². The molecule has 7 nitrogen and oxygen atoms in total. The Hall–Kier alpha value is -3.13. The molecule has 1 aliphatic heterocycles. The molecule has 0 spiro atoms. The Kier molecular flexibility index (Phi) is 8.01. The molecule has 1 aromatic heterocycles. The normalized spacial score (nSPS) is 16.7. The van der Waals surface area contributed by atoms with Crippen molar-refractivity contribution in [2.75, 3.05) is 53.2 Å². The van der Waals surface area contributed by atoms with Gasteiger partial charge in [-0.05, 0) is 43.0 Å². The fourth-order valence-electron chi connectivity index (χ4n) is 4.94. The second-order valence-corrected chi connectivity index (χ2v) is 10.0. The molecule has 3 aromatic rings. The molecule has 0 atom stereocenters. The molecule has 36 heavy (non-hydrogen) atoms. The first-order chi connectivity index (χ1) is 17.6. The molecular weight excluding hydrogens is 477 g/mol. The van der Waals surface area contributed by atoms with Crippen molar-refractivity contribution in [1.29, 1.82) is 0 Å². The van der Waals surface area contributed by atoms with E-state index in [1.165, 1.54) is 38.2 Å². The van der Waals surface area contributed by atoms with Gasteiger partial charge in [0.2, 0.25) is 17.8 Å². The van der Waals surface area contributed by atoms with Crippen LogP contribution in [0, 0.1) is 11.7 Å². The van der Waals surface area contributed by atoms with E-state index in [1.807, 2.05) is 24.3 Å². The maximum absolute atomic E-state index is 14.1. The van der Waals surface area contributed by atoms with E-state index in [-0.39, 0.29) is 5.82 Å². The number of aromatic nitrogens is 3. The van der Waals surface area contributed by atoms with Gasteiger partial charge in [-0.1, -0.05) is 55.1 Å². The number of rotatable bonds is 8. The standard InChI is InChI=1S/C27H33ClFN7/c28-22-10-6-11-23(17-22)35-13-15-36(16-14-35)27-33-25(30-18-20-7-2-1-3-8-20)32-26(34-27)31-19-21-9-4-5-12-24(21)29/h4-6,9-12,17,20H,1-3,7-8,13-16,18-19H2,(H2,30,31,32,33,34). The minimum atomic E-state index is -0.243. The van der Waals surface area contributed by atoms with Gasteiger partial charge in [-0.15, -0.1) is 0 Å². The van der Waals surface area contributed by atoms with Gasteiger partial charge in [-0.3, -0.25) is 0 Å². The maximum atomic E-state index is 14.1. The molecule has 5 rings (SSSR count). The lowest BCUT2D eigenvalue weighted by molar-refractivity contribution is 0.373. The molecule has 1 saturated heterocycles. The smallest absolute Gasteiger partial charge is 0.232 e. The van der Waals surface area contributed by atoms with Crippen LogP contribution in [-0.4, -0.2) is 47.7 Å². The maximum Gasteiger partial charge on any atom is 0.232 e. The van der Waals surface area contributed by atoms with Gasteiger partial charge in [-0.2, -0.15) is 15.0 Å². The van der Waals surface area contributed by atoms with Crippen LogP contribution in [0.5, 0.6) is 0 Å². The molecule has 2 N–H and O–H groups in total. The summed E-state index contributed by atoms with van der Waals surface area (Å²) in [6.45, 7) is 4.42. The summed E-state index contributed by atoms with van der Waals surface area (Å²) in [5.41, 5.74) is 1.70.